The number of ether oxygens (including phenoxy) is 1. The third-order valence-electron chi connectivity index (χ3n) is 3.81. The minimum atomic E-state index is 0. The first-order valence-electron chi connectivity index (χ1n) is 7.42. The van der Waals surface area contributed by atoms with Crippen LogP contribution in [0.1, 0.15) is 31.7 Å². The van der Waals surface area contributed by atoms with E-state index in [-0.39, 0.29) is 12.4 Å². The minimum absolute atomic E-state index is 0. The third-order valence-corrected chi connectivity index (χ3v) is 3.81. The molecule has 0 radical (unpaired) electrons. The predicted octanol–water partition coefficient (Wildman–Crippen LogP) is 3.08. The highest BCUT2D eigenvalue weighted by molar-refractivity contribution is 5.85. The second-order valence-corrected chi connectivity index (χ2v) is 5.33. The smallest absolute Gasteiger partial charge is 0.119 e. The lowest BCUT2D eigenvalue weighted by Crippen LogP contribution is -2.31. The van der Waals surface area contributed by atoms with Gasteiger partial charge in [0.25, 0.3) is 0 Å². The maximum absolute atomic E-state index is 5.57. The fourth-order valence-electron chi connectivity index (χ4n) is 2.76. The summed E-state index contributed by atoms with van der Waals surface area (Å²) in [6.45, 7) is 6.08. The fraction of sp³-hybridized carbons (Fsp3) is 0.625. The van der Waals surface area contributed by atoms with Crippen LogP contribution in [0.4, 0.5) is 0 Å². The SMILES string of the molecule is CCOc1cccc(CN(C)C2CCCNCC2)c1.Cl. The number of nitrogens with zero attached hydrogens (tertiary/aromatic N) is 1. The predicted molar refractivity (Wildman–Crippen MR) is 86.8 cm³/mol. The van der Waals surface area contributed by atoms with Gasteiger partial charge in [0, 0.05) is 12.6 Å². The first kappa shape index (κ1) is 17.3. The van der Waals surface area contributed by atoms with Crippen molar-refractivity contribution in [2.45, 2.75) is 38.8 Å². The molecule has 1 N–H and O–H groups in total. The van der Waals surface area contributed by atoms with Gasteiger partial charge in [0.1, 0.15) is 5.75 Å². The van der Waals surface area contributed by atoms with Crippen LogP contribution in [0, 0.1) is 0 Å². The average Bonchev–Trinajstić information content (AvgIpc) is 2.68. The highest BCUT2D eigenvalue weighted by atomic mass is 35.5. The zero-order valence-corrected chi connectivity index (χ0v) is 13.4. The van der Waals surface area contributed by atoms with E-state index in [1.165, 1.54) is 31.4 Å². The summed E-state index contributed by atoms with van der Waals surface area (Å²) >= 11 is 0. The van der Waals surface area contributed by atoms with Crippen LogP contribution >= 0.6 is 12.4 Å². The Balaban J connectivity index is 0.00000200. The van der Waals surface area contributed by atoms with E-state index in [1.54, 1.807) is 0 Å². The maximum atomic E-state index is 5.57. The summed E-state index contributed by atoms with van der Waals surface area (Å²) in [6, 6.07) is 9.17. The van der Waals surface area contributed by atoms with Crippen LogP contribution in [-0.4, -0.2) is 37.7 Å². The summed E-state index contributed by atoms with van der Waals surface area (Å²) in [6.07, 6.45) is 3.84. The first-order valence-corrected chi connectivity index (χ1v) is 7.42. The molecule has 1 heterocycles. The summed E-state index contributed by atoms with van der Waals surface area (Å²) in [7, 11) is 2.24. The van der Waals surface area contributed by atoms with Gasteiger partial charge in [0.05, 0.1) is 6.61 Å². The summed E-state index contributed by atoms with van der Waals surface area (Å²) in [5, 5.41) is 3.48. The Morgan fingerprint density at radius 1 is 1.30 bits per heavy atom. The largest absolute Gasteiger partial charge is 0.494 e. The van der Waals surface area contributed by atoms with Crippen LogP contribution in [0.5, 0.6) is 5.75 Å². The maximum Gasteiger partial charge on any atom is 0.119 e. The molecule has 1 atom stereocenters. The van der Waals surface area contributed by atoms with Gasteiger partial charge in [0.2, 0.25) is 0 Å². The second kappa shape index (κ2) is 9.22. The lowest BCUT2D eigenvalue weighted by molar-refractivity contribution is 0.216. The second-order valence-electron chi connectivity index (χ2n) is 5.33. The molecule has 1 aromatic carbocycles. The van der Waals surface area contributed by atoms with Crippen molar-refractivity contribution in [3.63, 3.8) is 0 Å². The van der Waals surface area contributed by atoms with Gasteiger partial charge >= 0.3 is 0 Å². The molecule has 2 rings (SSSR count). The van der Waals surface area contributed by atoms with Gasteiger partial charge in [-0.3, -0.25) is 4.90 Å². The number of halogens is 1. The standard InChI is InChI=1S/C16H26N2O.ClH/c1-3-19-16-8-4-6-14(12-16)13-18(2)15-7-5-10-17-11-9-15;/h4,6,8,12,15,17H,3,5,7,9-11,13H2,1-2H3;1H. The zero-order valence-electron chi connectivity index (χ0n) is 12.6. The molecule has 1 fully saturated rings. The van der Waals surface area contributed by atoms with Gasteiger partial charge in [-0.25, -0.2) is 0 Å². The van der Waals surface area contributed by atoms with Crippen LogP contribution in [0.3, 0.4) is 0 Å². The third kappa shape index (κ3) is 5.31. The van der Waals surface area contributed by atoms with E-state index < -0.39 is 0 Å². The molecule has 0 amide bonds. The van der Waals surface area contributed by atoms with E-state index in [4.69, 9.17) is 4.74 Å². The van der Waals surface area contributed by atoms with Crippen molar-refractivity contribution in [1.29, 1.82) is 0 Å². The Morgan fingerprint density at radius 2 is 2.15 bits per heavy atom. The van der Waals surface area contributed by atoms with E-state index in [0.717, 1.165) is 25.4 Å². The Kier molecular flexibility index (Phi) is 7.97. The van der Waals surface area contributed by atoms with Crippen molar-refractivity contribution < 1.29 is 4.74 Å². The zero-order chi connectivity index (χ0) is 13.5. The molecule has 1 aliphatic heterocycles. The average molecular weight is 299 g/mol. The van der Waals surface area contributed by atoms with Gasteiger partial charge in [-0.1, -0.05) is 12.1 Å². The molecule has 0 aliphatic carbocycles. The van der Waals surface area contributed by atoms with Gasteiger partial charge in [0.15, 0.2) is 0 Å². The molecule has 1 unspecified atom stereocenters. The van der Waals surface area contributed by atoms with Crippen molar-refractivity contribution >= 4 is 12.4 Å². The van der Waals surface area contributed by atoms with Crippen molar-refractivity contribution in [3.05, 3.63) is 29.8 Å². The summed E-state index contributed by atoms with van der Waals surface area (Å²) in [4.78, 5) is 2.48. The summed E-state index contributed by atoms with van der Waals surface area (Å²) < 4.78 is 5.57. The fourth-order valence-corrected chi connectivity index (χ4v) is 2.76. The van der Waals surface area contributed by atoms with Crippen molar-refractivity contribution in [2.75, 3.05) is 26.7 Å². The van der Waals surface area contributed by atoms with Gasteiger partial charge in [-0.15, -0.1) is 12.4 Å². The molecule has 0 saturated carbocycles. The van der Waals surface area contributed by atoms with Gasteiger partial charge < -0.3 is 10.1 Å². The van der Waals surface area contributed by atoms with Crippen LogP contribution in [-0.2, 0) is 6.54 Å². The van der Waals surface area contributed by atoms with E-state index in [2.05, 4.69) is 35.5 Å². The number of hydrogen-bond donors (Lipinski definition) is 1. The van der Waals surface area contributed by atoms with Gasteiger partial charge in [-0.2, -0.15) is 0 Å². The highest BCUT2D eigenvalue weighted by Gasteiger charge is 2.16. The lowest BCUT2D eigenvalue weighted by Gasteiger charge is -2.27. The van der Waals surface area contributed by atoms with E-state index in [0.29, 0.717) is 6.04 Å². The molecule has 3 nitrogen and oxygen atoms in total. The van der Waals surface area contributed by atoms with Crippen LogP contribution < -0.4 is 10.1 Å². The number of benzene rings is 1. The molecule has 1 aromatic rings. The van der Waals surface area contributed by atoms with Crippen molar-refractivity contribution in [2.24, 2.45) is 0 Å². The molecule has 114 valence electrons. The Hall–Kier alpha value is -0.770. The van der Waals surface area contributed by atoms with E-state index in [9.17, 15) is 0 Å². The minimum Gasteiger partial charge on any atom is -0.494 e. The lowest BCUT2D eigenvalue weighted by atomic mass is 10.1. The van der Waals surface area contributed by atoms with E-state index >= 15 is 0 Å². The number of rotatable bonds is 5. The topological polar surface area (TPSA) is 24.5 Å². The molecule has 1 aliphatic rings. The van der Waals surface area contributed by atoms with E-state index in [1.807, 2.05) is 13.0 Å². The van der Waals surface area contributed by atoms with Crippen LogP contribution in [0.25, 0.3) is 0 Å². The first-order chi connectivity index (χ1) is 9.29. The Morgan fingerprint density at radius 3 is 2.95 bits per heavy atom. The normalized spacial score (nSPS) is 19.2. The molecule has 20 heavy (non-hydrogen) atoms. The Labute approximate surface area is 129 Å². The summed E-state index contributed by atoms with van der Waals surface area (Å²) in [5.74, 6) is 0.982. The van der Waals surface area contributed by atoms with Crippen LogP contribution in [0.2, 0.25) is 0 Å². The quantitative estimate of drug-likeness (QED) is 0.904. The van der Waals surface area contributed by atoms with Crippen LogP contribution in [0.15, 0.2) is 24.3 Å². The molecule has 1 saturated heterocycles. The molecule has 0 bridgehead atoms. The van der Waals surface area contributed by atoms with Gasteiger partial charge in [-0.05, 0) is 64.0 Å². The number of hydrogen-bond acceptors (Lipinski definition) is 3. The Bertz CT molecular complexity index is 378. The summed E-state index contributed by atoms with van der Waals surface area (Å²) in [5.41, 5.74) is 1.34. The van der Waals surface area contributed by atoms with Crippen molar-refractivity contribution in [3.8, 4) is 5.75 Å². The highest BCUT2D eigenvalue weighted by Crippen LogP contribution is 2.18. The molecule has 0 spiro atoms. The molecular weight excluding hydrogens is 272 g/mol. The molecular formula is C16H27ClN2O. The number of nitrogens with one attached hydrogen (secondary N) is 1. The molecule has 4 heteroatoms. The monoisotopic (exact) mass is 298 g/mol. The molecule has 0 aromatic heterocycles. The van der Waals surface area contributed by atoms with Crippen molar-refractivity contribution in [1.82, 2.24) is 10.2 Å².